The van der Waals surface area contributed by atoms with Crippen molar-refractivity contribution in [2.24, 2.45) is 4.99 Å². The van der Waals surface area contributed by atoms with E-state index in [0.29, 0.717) is 12.0 Å². The van der Waals surface area contributed by atoms with Crippen molar-refractivity contribution in [3.63, 3.8) is 0 Å². The number of hydrogen-bond acceptors (Lipinski definition) is 3. The van der Waals surface area contributed by atoms with Gasteiger partial charge in [-0.3, -0.25) is 4.99 Å². The maximum atomic E-state index is 13.3. The van der Waals surface area contributed by atoms with Crippen LogP contribution in [0, 0.1) is 0 Å². The number of aliphatic imine (C=N–C) groups is 1. The number of aliphatic hydroxyl groups excluding tert-OH is 1. The quantitative estimate of drug-likeness (QED) is 0.628. The molecule has 1 heterocycles. The van der Waals surface area contributed by atoms with Gasteiger partial charge in [-0.05, 0) is 18.1 Å². The summed E-state index contributed by atoms with van der Waals surface area (Å²) in [6.45, 7) is 1.80. The molecule has 0 aromatic carbocycles. The summed E-state index contributed by atoms with van der Waals surface area (Å²) in [5.41, 5.74) is -0.493. The number of nitrogens with zero attached hydrogens (tertiary/aromatic N) is 1. The fourth-order valence-corrected chi connectivity index (χ4v) is 1.97. The smallest absolute Gasteiger partial charge is 0.218 e. The number of alkyl halides is 1. The van der Waals surface area contributed by atoms with Gasteiger partial charge in [-0.25, -0.2) is 4.39 Å². The van der Waals surface area contributed by atoms with E-state index in [9.17, 15) is 14.6 Å². The number of halogens is 1. The van der Waals surface area contributed by atoms with Gasteiger partial charge < -0.3 is 10.2 Å². The molecule has 1 aliphatic carbocycles. The van der Waals surface area contributed by atoms with Crippen LogP contribution >= 0.6 is 0 Å². The molecule has 0 radical (unpaired) electrons. The monoisotopic (exact) mass is 197 g/mol. The Hall–Kier alpha value is -1.16. The SMILES string of the molecule is CCC1(O)CC(O)=C2C1=CC=NC2F. The zero-order valence-electron chi connectivity index (χ0n) is 7.87. The van der Waals surface area contributed by atoms with E-state index in [1.54, 1.807) is 13.0 Å². The molecule has 2 N–H and O–H groups in total. The van der Waals surface area contributed by atoms with Gasteiger partial charge in [0.25, 0.3) is 0 Å². The molecule has 0 bridgehead atoms. The lowest BCUT2D eigenvalue weighted by Gasteiger charge is -2.25. The molecule has 2 aliphatic rings. The van der Waals surface area contributed by atoms with Crippen molar-refractivity contribution in [3.8, 4) is 0 Å². The molecular weight excluding hydrogens is 185 g/mol. The summed E-state index contributed by atoms with van der Waals surface area (Å²) in [7, 11) is 0. The molecule has 0 amide bonds. The van der Waals surface area contributed by atoms with Crippen LogP contribution in [0.4, 0.5) is 4.39 Å². The number of hydrogen-bond donors (Lipinski definition) is 2. The third kappa shape index (κ3) is 1.10. The molecule has 0 saturated heterocycles. The zero-order valence-corrected chi connectivity index (χ0v) is 7.87. The normalized spacial score (nSPS) is 35.9. The lowest BCUT2D eigenvalue weighted by Crippen LogP contribution is -2.29. The second-order valence-electron chi connectivity index (χ2n) is 3.64. The minimum Gasteiger partial charge on any atom is -0.512 e. The van der Waals surface area contributed by atoms with Crippen LogP contribution in [0.25, 0.3) is 0 Å². The highest BCUT2D eigenvalue weighted by atomic mass is 19.1. The van der Waals surface area contributed by atoms with E-state index in [1.807, 2.05) is 0 Å². The summed E-state index contributed by atoms with van der Waals surface area (Å²) in [6.07, 6.45) is 1.91. The number of rotatable bonds is 1. The van der Waals surface area contributed by atoms with E-state index < -0.39 is 11.9 Å². The molecule has 0 fully saturated rings. The van der Waals surface area contributed by atoms with Gasteiger partial charge in [0, 0.05) is 12.6 Å². The Bertz CT molecular complexity index is 359. The number of allylic oxidation sites excluding steroid dienone is 1. The van der Waals surface area contributed by atoms with Gasteiger partial charge in [0.2, 0.25) is 6.30 Å². The second-order valence-corrected chi connectivity index (χ2v) is 3.64. The van der Waals surface area contributed by atoms with Crippen LogP contribution < -0.4 is 0 Å². The lowest BCUT2D eigenvalue weighted by molar-refractivity contribution is 0.0758. The van der Waals surface area contributed by atoms with Crippen molar-refractivity contribution in [3.05, 3.63) is 23.0 Å². The summed E-state index contributed by atoms with van der Waals surface area (Å²) in [4.78, 5) is 3.53. The molecule has 0 spiro atoms. The molecule has 0 aromatic rings. The molecular formula is C10H12FNO2. The average molecular weight is 197 g/mol. The Morgan fingerprint density at radius 3 is 3.07 bits per heavy atom. The molecule has 1 aliphatic heterocycles. The van der Waals surface area contributed by atoms with Crippen molar-refractivity contribution < 1.29 is 14.6 Å². The Labute approximate surface area is 81.3 Å². The summed E-state index contributed by atoms with van der Waals surface area (Å²) in [5, 5.41) is 19.6. The number of aliphatic hydroxyl groups is 2. The van der Waals surface area contributed by atoms with Gasteiger partial charge in [0.15, 0.2) is 0 Å². The largest absolute Gasteiger partial charge is 0.512 e. The standard InChI is InChI=1S/C10H12FNO2/c1-2-10(14)5-7(13)8-6(10)3-4-12-9(8)11/h3-4,9,13-14H,2,5H2,1H3. The predicted octanol–water partition coefficient (Wildman–Crippen LogP) is 1.65. The highest BCUT2D eigenvalue weighted by Gasteiger charge is 2.44. The van der Waals surface area contributed by atoms with Crippen LogP contribution in [-0.4, -0.2) is 28.3 Å². The molecule has 0 saturated carbocycles. The zero-order chi connectivity index (χ0) is 10.3. The molecule has 4 heteroatoms. The van der Waals surface area contributed by atoms with E-state index >= 15 is 0 Å². The molecule has 2 atom stereocenters. The van der Waals surface area contributed by atoms with Crippen LogP contribution in [0.5, 0.6) is 0 Å². The van der Waals surface area contributed by atoms with Crippen LogP contribution in [0.15, 0.2) is 28.0 Å². The van der Waals surface area contributed by atoms with Crippen molar-refractivity contribution in [1.29, 1.82) is 0 Å². The molecule has 2 unspecified atom stereocenters. The van der Waals surface area contributed by atoms with Gasteiger partial charge in [-0.15, -0.1) is 0 Å². The fourth-order valence-electron chi connectivity index (χ4n) is 1.97. The van der Waals surface area contributed by atoms with Crippen molar-refractivity contribution in [1.82, 2.24) is 0 Å². The van der Waals surface area contributed by atoms with E-state index in [4.69, 9.17) is 0 Å². The second kappa shape index (κ2) is 2.92. The minimum absolute atomic E-state index is 0.0787. The van der Waals surface area contributed by atoms with Gasteiger partial charge in [-0.1, -0.05) is 6.92 Å². The highest BCUT2D eigenvalue weighted by molar-refractivity contribution is 5.78. The van der Waals surface area contributed by atoms with Gasteiger partial charge in [0.05, 0.1) is 11.2 Å². The third-order valence-electron chi connectivity index (χ3n) is 2.84. The molecule has 2 rings (SSSR count). The summed E-state index contributed by atoms with van der Waals surface area (Å²) in [6, 6.07) is 0. The van der Waals surface area contributed by atoms with E-state index in [0.717, 1.165) is 0 Å². The first-order valence-electron chi connectivity index (χ1n) is 4.61. The Balaban J connectivity index is 2.48. The van der Waals surface area contributed by atoms with Crippen LogP contribution in [0.3, 0.4) is 0 Å². The first-order valence-corrected chi connectivity index (χ1v) is 4.61. The molecule has 14 heavy (non-hydrogen) atoms. The van der Waals surface area contributed by atoms with Crippen LogP contribution in [0.2, 0.25) is 0 Å². The highest BCUT2D eigenvalue weighted by Crippen LogP contribution is 2.44. The van der Waals surface area contributed by atoms with E-state index in [1.165, 1.54) is 6.21 Å². The number of dihydropyridines is 1. The molecule has 0 aromatic heterocycles. The van der Waals surface area contributed by atoms with Gasteiger partial charge in [0.1, 0.15) is 5.76 Å². The maximum Gasteiger partial charge on any atom is 0.218 e. The first-order chi connectivity index (χ1) is 6.58. The van der Waals surface area contributed by atoms with Crippen LogP contribution in [-0.2, 0) is 0 Å². The van der Waals surface area contributed by atoms with Crippen LogP contribution in [0.1, 0.15) is 19.8 Å². The average Bonchev–Trinajstić information content (AvgIpc) is 2.41. The Morgan fingerprint density at radius 1 is 1.71 bits per heavy atom. The van der Waals surface area contributed by atoms with Gasteiger partial charge in [-0.2, -0.15) is 0 Å². The molecule has 76 valence electrons. The Morgan fingerprint density at radius 2 is 2.43 bits per heavy atom. The van der Waals surface area contributed by atoms with E-state index in [2.05, 4.69) is 4.99 Å². The predicted molar refractivity (Wildman–Crippen MR) is 51.0 cm³/mol. The minimum atomic E-state index is -1.53. The van der Waals surface area contributed by atoms with E-state index in [-0.39, 0.29) is 17.8 Å². The van der Waals surface area contributed by atoms with Crippen molar-refractivity contribution >= 4 is 6.21 Å². The van der Waals surface area contributed by atoms with Gasteiger partial charge >= 0.3 is 0 Å². The number of fused-ring (bicyclic) bond motifs is 1. The third-order valence-corrected chi connectivity index (χ3v) is 2.84. The molecule has 3 nitrogen and oxygen atoms in total. The van der Waals surface area contributed by atoms with Crippen molar-refractivity contribution in [2.45, 2.75) is 31.7 Å². The summed E-state index contributed by atoms with van der Waals surface area (Å²) in [5.74, 6) is -0.0787. The summed E-state index contributed by atoms with van der Waals surface area (Å²) < 4.78 is 13.3. The first kappa shape index (κ1) is 9.40. The summed E-state index contributed by atoms with van der Waals surface area (Å²) >= 11 is 0. The van der Waals surface area contributed by atoms with Crippen molar-refractivity contribution in [2.75, 3.05) is 0 Å². The fraction of sp³-hybridized carbons (Fsp3) is 0.500. The maximum absolute atomic E-state index is 13.3. The lowest BCUT2D eigenvalue weighted by atomic mass is 9.89. The topological polar surface area (TPSA) is 52.8 Å². The Kier molecular flexibility index (Phi) is 1.96.